The van der Waals surface area contributed by atoms with Crippen molar-refractivity contribution < 1.29 is 18.7 Å². The number of nitrogens with zero attached hydrogens (tertiary/aromatic N) is 3. The number of hydrogen-bond donors (Lipinski definition) is 0. The Labute approximate surface area is 177 Å². The smallest absolute Gasteiger partial charge is 0.339 e. The van der Waals surface area contributed by atoms with Gasteiger partial charge in [0, 0.05) is 11.6 Å². The van der Waals surface area contributed by atoms with Gasteiger partial charge in [0.1, 0.15) is 6.10 Å². The molecule has 2 aliphatic rings. The lowest BCUT2D eigenvalue weighted by Gasteiger charge is -2.22. The molecule has 0 saturated heterocycles. The van der Waals surface area contributed by atoms with Gasteiger partial charge < -0.3 is 14.1 Å². The summed E-state index contributed by atoms with van der Waals surface area (Å²) in [6.45, 7) is 0.212. The molecule has 1 fully saturated rings. The molecular formula is C22H18ClN3O4. The summed E-state index contributed by atoms with van der Waals surface area (Å²) in [5, 5.41) is 8.68. The van der Waals surface area contributed by atoms with Crippen molar-refractivity contribution in [1.29, 1.82) is 0 Å². The van der Waals surface area contributed by atoms with Crippen molar-refractivity contribution in [2.24, 2.45) is 0 Å². The first-order chi connectivity index (χ1) is 14.6. The van der Waals surface area contributed by atoms with Crippen molar-refractivity contribution in [3.63, 3.8) is 0 Å². The summed E-state index contributed by atoms with van der Waals surface area (Å²) < 4.78 is 11.2. The summed E-state index contributed by atoms with van der Waals surface area (Å²) in [6.07, 6.45) is 1.38. The number of hydrogen-bond acceptors (Lipinski definition) is 6. The third-order valence-electron chi connectivity index (χ3n) is 5.32. The van der Waals surface area contributed by atoms with Gasteiger partial charge in [-0.2, -0.15) is 0 Å². The average Bonchev–Trinajstić information content (AvgIpc) is 3.41. The molecule has 1 saturated carbocycles. The Bertz CT molecular complexity index is 1120. The van der Waals surface area contributed by atoms with Crippen LogP contribution in [0.15, 0.2) is 52.9 Å². The number of aromatic nitrogens is 2. The van der Waals surface area contributed by atoms with Crippen LogP contribution in [0, 0.1) is 0 Å². The Kier molecular flexibility index (Phi) is 4.75. The zero-order valence-electron chi connectivity index (χ0n) is 16.0. The van der Waals surface area contributed by atoms with Gasteiger partial charge >= 0.3 is 5.97 Å². The number of amides is 1. The molecule has 2 aromatic carbocycles. The van der Waals surface area contributed by atoms with Crippen molar-refractivity contribution in [1.82, 2.24) is 15.1 Å². The van der Waals surface area contributed by atoms with Crippen molar-refractivity contribution in [2.75, 3.05) is 0 Å². The number of halogens is 1. The Balaban J connectivity index is 1.32. The van der Waals surface area contributed by atoms with E-state index in [4.69, 9.17) is 20.8 Å². The van der Waals surface area contributed by atoms with Crippen molar-refractivity contribution in [2.45, 2.75) is 38.0 Å². The number of cyclic esters (lactones) is 1. The molecule has 5 rings (SSSR count). The second-order valence-corrected chi connectivity index (χ2v) is 7.83. The van der Waals surface area contributed by atoms with Crippen LogP contribution in [0.3, 0.4) is 0 Å². The van der Waals surface area contributed by atoms with E-state index in [0.29, 0.717) is 27.9 Å². The van der Waals surface area contributed by atoms with Gasteiger partial charge in [0.05, 0.1) is 29.1 Å². The monoisotopic (exact) mass is 423 g/mol. The van der Waals surface area contributed by atoms with E-state index < -0.39 is 6.10 Å². The van der Waals surface area contributed by atoms with E-state index in [1.165, 1.54) is 0 Å². The van der Waals surface area contributed by atoms with Gasteiger partial charge in [0.15, 0.2) is 0 Å². The predicted molar refractivity (Wildman–Crippen MR) is 108 cm³/mol. The molecular weight excluding hydrogens is 406 g/mol. The normalized spacial score (nSPS) is 17.5. The molecule has 1 aromatic heterocycles. The maximum Gasteiger partial charge on any atom is 0.339 e. The van der Waals surface area contributed by atoms with Crippen LogP contribution < -0.4 is 0 Å². The highest BCUT2D eigenvalue weighted by molar-refractivity contribution is 6.33. The van der Waals surface area contributed by atoms with Crippen LogP contribution in [-0.4, -0.2) is 33.0 Å². The van der Waals surface area contributed by atoms with Crippen molar-refractivity contribution in [3.05, 3.63) is 70.6 Å². The maximum atomic E-state index is 13.1. The summed E-state index contributed by atoms with van der Waals surface area (Å²) in [7, 11) is 0. The molecule has 0 bridgehead atoms. The molecule has 1 aliphatic heterocycles. The molecule has 0 unspecified atom stereocenters. The summed E-state index contributed by atoms with van der Waals surface area (Å²) in [4.78, 5) is 26.8. The largest absolute Gasteiger partial charge is 0.453 e. The minimum atomic E-state index is -0.566. The maximum absolute atomic E-state index is 13.1. The third-order valence-corrected chi connectivity index (χ3v) is 5.65. The zero-order valence-corrected chi connectivity index (χ0v) is 16.7. The first-order valence-electron chi connectivity index (χ1n) is 9.77. The quantitative estimate of drug-likeness (QED) is 0.553. The van der Waals surface area contributed by atoms with Crippen LogP contribution in [0.1, 0.15) is 47.2 Å². The predicted octanol–water partition coefficient (Wildman–Crippen LogP) is 4.18. The van der Waals surface area contributed by atoms with Crippen molar-refractivity contribution >= 4 is 23.5 Å². The van der Waals surface area contributed by atoms with E-state index in [0.717, 1.165) is 18.4 Å². The fourth-order valence-corrected chi connectivity index (χ4v) is 3.88. The Morgan fingerprint density at radius 2 is 1.80 bits per heavy atom. The minimum absolute atomic E-state index is 0.0881. The third kappa shape index (κ3) is 3.57. The Morgan fingerprint density at radius 3 is 2.57 bits per heavy atom. The average molecular weight is 424 g/mol. The second kappa shape index (κ2) is 7.57. The number of esters is 1. The van der Waals surface area contributed by atoms with E-state index in [1.807, 2.05) is 24.3 Å². The number of benzene rings is 2. The molecule has 1 amide bonds. The second-order valence-electron chi connectivity index (χ2n) is 7.42. The molecule has 1 aliphatic carbocycles. The fourth-order valence-electron chi connectivity index (χ4n) is 3.66. The molecule has 0 spiro atoms. The fraction of sp³-hybridized carbons (Fsp3) is 0.273. The number of carbonyl (C=O) groups is 2. The van der Waals surface area contributed by atoms with Crippen LogP contribution in [0.4, 0.5) is 0 Å². The molecule has 0 N–H and O–H groups in total. The van der Waals surface area contributed by atoms with Gasteiger partial charge in [-0.25, -0.2) is 4.79 Å². The lowest BCUT2D eigenvalue weighted by Crippen LogP contribution is -2.33. The van der Waals surface area contributed by atoms with Crippen molar-refractivity contribution in [3.8, 4) is 11.5 Å². The summed E-state index contributed by atoms with van der Waals surface area (Å²) >= 11 is 6.20. The zero-order chi connectivity index (χ0) is 20.7. The molecule has 0 radical (unpaired) electrons. The van der Waals surface area contributed by atoms with Gasteiger partial charge in [-0.1, -0.05) is 41.9 Å². The highest BCUT2D eigenvalue weighted by Crippen LogP contribution is 2.36. The number of carbonyl (C=O) groups excluding carboxylic acids is 2. The van der Waals surface area contributed by atoms with E-state index in [-0.39, 0.29) is 30.9 Å². The number of rotatable bonds is 6. The highest BCUT2D eigenvalue weighted by Gasteiger charge is 2.38. The summed E-state index contributed by atoms with van der Waals surface area (Å²) in [6, 6.07) is 14.5. The van der Waals surface area contributed by atoms with Crippen LogP contribution in [-0.2, 0) is 16.1 Å². The van der Waals surface area contributed by atoms with E-state index in [9.17, 15) is 9.59 Å². The van der Waals surface area contributed by atoms with Gasteiger partial charge in [0.2, 0.25) is 17.7 Å². The Morgan fingerprint density at radius 1 is 1.07 bits per heavy atom. The lowest BCUT2D eigenvalue weighted by atomic mass is 10.0. The molecule has 2 heterocycles. The minimum Gasteiger partial charge on any atom is -0.453 e. The van der Waals surface area contributed by atoms with Gasteiger partial charge in [-0.05, 0) is 31.0 Å². The van der Waals surface area contributed by atoms with E-state index in [1.54, 1.807) is 29.2 Å². The van der Waals surface area contributed by atoms with E-state index in [2.05, 4.69) is 10.2 Å². The molecule has 1 atom stereocenters. The molecule has 7 nitrogen and oxygen atoms in total. The van der Waals surface area contributed by atoms with Crippen LogP contribution in [0.5, 0.6) is 0 Å². The standard InChI is InChI=1S/C22H18ClN3O4/c23-17-8-4-3-7-16(17)21-25-24-19(30-21)12-26(13-9-10-13)20(27)11-18-14-5-1-2-6-15(14)22(28)29-18/h1-8,13,18H,9-12H2/t18-/m0/s1. The molecule has 8 heteroatoms. The molecule has 152 valence electrons. The van der Waals surface area contributed by atoms with E-state index >= 15 is 0 Å². The van der Waals surface area contributed by atoms with Gasteiger partial charge in [-0.3, -0.25) is 4.79 Å². The highest BCUT2D eigenvalue weighted by atomic mass is 35.5. The van der Waals surface area contributed by atoms with Crippen LogP contribution in [0.2, 0.25) is 5.02 Å². The van der Waals surface area contributed by atoms with Crippen LogP contribution in [0.25, 0.3) is 11.5 Å². The Hall–Kier alpha value is -3.19. The first kappa shape index (κ1) is 18.8. The summed E-state index contributed by atoms with van der Waals surface area (Å²) in [5.41, 5.74) is 1.93. The first-order valence-corrected chi connectivity index (χ1v) is 10.1. The SMILES string of the molecule is O=C1O[C@@H](CC(=O)N(Cc2nnc(-c3ccccc3Cl)o2)C2CC2)c2ccccc21. The topological polar surface area (TPSA) is 85.5 Å². The van der Waals surface area contributed by atoms with Gasteiger partial charge in [0.25, 0.3) is 0 Å². The molecule has 30 heavy (non-hydrogen) atoms. The summed E-state index contributed by atoms with van der Waals surface area (Å²) in [5.74, 6) is 0.165. The van der Waals surface area contributed by atoms with Gasteiger partial charge in [-0.15, -0.1) is 10.2 Å². The lowest BCUT2D eigenvalue weighted by molar-refractivity contribution is -0.134. The number of ether oxygens (including phenoxy) is 1. The van der Waals surface area contributed by atoms with Crippen LogP contribution >= 0.6 is 11.6 Å². The molecule has 3 aromatic rings. The number of fused-ring (bicyclic) bond motifs is 1.